The second-order valence-corrected chi connectivity index (χ2v) is 5.36. The van der Waals surface area contributed by atoms with E-state index in [1.54, 1.807) is 12.4 Å². The average molecular weight is 293 g/mol. The molecule has 1 aromatic carbocycles. The van der Waals surface area contributed by atoms with Crippen LogP contribution in [0.4, 0.5) is 0 Å². The molecule has 0 fully saturated rings. The lowest BCUT2D eigenvalue weighted by Gasteiger charge is -2.23. The van der Waals surface area contributed by atoms with Gasteiger partial charge in [0.25, 0.3) is 0 Å². The maximum absolute atomic E-state index is 5.86. The van der Waals surface area contributed by atoms with Gasteiger partial charge in [0.1, 0.15) is 0 Å². The molecule has 2 aromatic heterocycles. The SMILES string of the molecule is CC(c1cccnc1)N(C)Cc1ncc(-c2ccccc2)o1. The molecule has 22 heavy (non-hydrogen) atoms. The van der Waals surface area contributed by atoms with E-state index in [-0.39, 0.29) is 6.04 Å². The van der Waals surface area contributed by atoms with Gasteiger partial charge in [-0.25, -0.2) is 4.98 Å². The highest BCUT2D eigenvalue weighted by atomic mass is 16.4. The lowest BCUT2D eigenvalue weighted by molar-refractivity contribution is 0.228. The maximum Gasteiger partial charge on any atom is 0.209 e. The Morgan fingerprint density at radius 2 is 1.91 bits per heavy atom. The summed E-state index contributed by atoms with van der Waals surface area (Å²) in [6, 6.07) is 14.3. The van der Waals surface area contributed by atoms with E-state index in [9.17, 15) is 0 Å². The number of hydrogen-bond donors (Lipinski definition) is 0. The second-order valence-electron chi connectivity index (χ2n) is 5.36. The van der Waals surface area contributed by atoms with Crippen LogP contribution in [0.5, 0.6) is 0 Å². The zero-order chi connectivity index (χ0) is 15.4. The Kier molecular flexibility index (Phi) is 4.30. The third-order valence-electron chi connectivity index (χ3n) is 3.82. The smallest absolute Gasteiger partial charge is 0.209 e. The molecule has 0 aliphatic rings. The third-order valence-corrected chi connectivity index (χ3v) is 3.82. The molecule has 0 saturated heterocycles. The minimum Gasteiger partial charge on any atom is -0.439 e. The summed E-state index contributed by atoms with van der Waals surface area (Å²) in [6.45, 7) is 2.81. The van der Waals surface area contributed by atoms with Crippen LogP contribution < -0.4 is 0 Å². The van der Waals surface area contributed by atoms with Crippen molar-refractivity contribution in [1.82, 2.24) is 14.9 Å². The summed E-state index contributed by atoms with van der Waals surface area (Å²) in [4.78, 5) is 10.7. The van der Waals surface area contributed by atoms with Crippen LogP contribution in [-0.2, 0) is 6.54 Å². The molecule has 3 rings (SSSR count). The van der Waals surface area contributed by atoms with E-state index < -0.39 is 0 Å². The van der Waals surface area contributed by atoms with Crippen LogP contribution in [0, 0.1) is 0 Å². The fraction of sp³-hybridized carbons (Fsp3) is 0.222. The van der Waals surface area contributed by atoms with E-state index in [1.165, 1.54) is 5.56 Å². The Hall–Kier alpha value is -2.46. The third kappa shape index (κ3) is 3.23. The molecule has 4 nitrogen and oxygen atoms in total. The Morgan fingerprint density at radius 3 is 2.64 bits per heavy atom. The van der Waals surface area contributed by atoms with Crippen LogP contribution in [0.3, 0.4) is 0 Å². The highest BCUT2D eigenvalue weighted by molar-refractivity contribution is 5.55. The molecule has 0 amide bonds. The van der Waals surface area contributed by atoms with Gasteiger partial charge in [-0.2, -0.15) is 0 Å². The number of aromatic nitrogens is 2. The van der Waals surface area contributed by atoms with Gasteiger partial charge in [-0.3, -0.25) is 9.88 Å². The van der Waals surface area contributed by atoms with Crippen LogP contribution in [-0.4, -0.2) is 21.9 Å². The molecule has 0 bridgehead atoms. The second kappa shape index (κ2) is 6.54. The molecule has 2 heterocycles. The van der Waals surface area contributed by atoms with Gasteiger partial charge in [-0.05, 0) is 25.6 Å². The van der Waals surface area contributed by atoms with Crippen LogP contribution in [0.25, 0.3) is 11.3 Å². The van der Waals surface area contributed by atoms with Crippen LogP contribution in [0.1, 0.15) is 24.4 Å². The number of oxazole rings is 1. The van der Waals surface area contributed by atoms with E-state index in [2.05, 4.69) is 34.9 Å². The topological polar surface area (TPSA) is 42.2 Å². The van der Waals surface area contributed by atoms with Crippen LogP contribution in [0.2, 0.25) is 0 Å². The van der Waals surface area contributed by atoms with Gasteiger partial charge in [0.2, 0.25) is 5.89 Å². The Bertz CT molecular complexity index is 709. The van der Waals surface area contributed by atoms with E-state index in [0.717, 1.165) is 17.2 Å². The first-order chi connectivity index (χ1) is 10.7. The van der Waals surface area contributed by atoms with E-state index >= 15 is 0 Å². The van der Waals surface area contributed by atoms with E-state index in [4.69, 9.17) is 4.42 Å². The number of nitrogens with zero attached hydrogens (tertiary/aromatic N) is 3. The lowest BCUT2D eigenvalue weighted by Crippen LogP contribution is -2.22. The predicted octanol–water partition coefficient (Wildman–Crippen LogP) is 3.93. The molecular formula is C18H19N3O. The van der Waals surface area contributed by atoms with Crippen molar-refractivity contribution in [3.05, 3.63) is 72.5 Å². The molecule has 4 heteroatoms. The normalized spacial score (nSPS) is 12.5. The molecule has 0 saturated carbocycles. The summed E-state index contributed by atoms with van der Waals surface area (Å²) >= 11 is 0. The van der Waals surface area contributed by atoms with Crippen molar-refractivity contribution < 1.29 is 4.42 Å². The first kappa shape index (κ1) is 14.5. The minimum absolute atomic E-state index is 0.251. The standard InChI is InChI=1S/C18H19N3O/c1-14(16-9-6-10-19-11-16)21(2)13-18-20-12-17(22-18)15-7-4-3-5-8-15/h3-12,14H,13H2,1-2H3. The Labute approximate surface area is 130 Å². The predicted molar refractivity (Wildman–Crippen MR) is 86.1 cm³/mol. The zero-order valence-corrected chi connectivity index (χ0v) is 12.8. The van der Waals surface area contributed by atoms with Crippen molar-refractivity contribution in [2.75, 3.05) is 7.05 Å². The molecule has 0 radical (unpaired) electrons. The van der Waals surface area contributed by atoms with Gasteiger partial charge in [0, 0.05) is 24.0 Å². The van der Waals surface area contributed by atoms with Crippen molar-refractivity contribution in [3.8, 4) is 11.3 Å². The number of hydrogen-bond acceptors (Lipinski definition) is 4. The summed E-state index contributed by atoms with van der Waals surface area (Å²) < 4.78 is 5.86. The summed E-state index contributed by atoms with van der Waals surface area (Å²) in [7, 11) is 2.06. The first-order valence-electron chi connectivity index (χ1n) is 7.34. The summed E-state index contributed by atoms with van der Waals surface area (Å²) in [5.74, 6) is 1.52. The summed E-state index contributed by atoms with van der Waals surface area (Å²) in [5.41, 5.74) is 2.23. The van der Waals surface area contributed by atoms with Crippen molar-refractivity contribution in [2.24, 2.45) is 0 Å². The van der Waals surface area contributed by atoms with Gasteiger partial charge < -0.3 is 4.42 Å². The molecule has 3 aromatic rings. The fourth-order valence-corrected chi connectivity index (χ4v) is 2.35. The monoisotopic (exact) mass is 293 g/mol. The Morgan fingerprint density at radius 1 is 1.09 bits per heavy atom. The van der Waals surface area contributed by atoms with E-state index in [1.807, 2.05) is 42.6 Å². The zero-order valence-electron chi connectivity index (χ0n) is 12.8. The molecule has 0 aliphatic carbocycles. The van der Waals surface area contributed by atoms with Gasteiger partial charge in [-0.1, -0.05) is 36.4 Å². The molecule has 112 valence electrons. The number of benzene rings is 1. The van der Waals surface area contributed by atoms with Gasteiger partial charge >= 0.3 is 0 Å². The quantitative estimate of drug-likeness (QED) is 0.715. The summed E-state index contributed by atoms with van der Waals surface area (Å²) in [5, 5.41) is 0. The number of pyridine rings is 1. The largest absolute Gasteiger partial charge is 0.439 e. The minimum atomic E-state index is 0.251. The van der Waals surface area contributed by atoms with Gasteiger partial charge in [-0.15, -0.1) is 0 Å². The van der Waals surface area contributed by atoms with Crippen LogP contribution in [0.15, 0.2) is 65.5 Å². The number of rotatable bonds is 5. The van der Waals surface area contributed by atoms with Gasteiger partial charge in [0.15, 0.2) is 5.76 Å². The maximum atomic E-state index is 5.86. The Balaban J connectivity index is 1.70. The molecule has 0 spiro atoms. The van der Waals surface area contributed by atoms with Gasteiger partial charge in [0.05, 0.1) is 12.7 Å². The first-order valence-corrected chi connectivity index (χ1v) is 7.34. The highest BCUT2D eigenvalue weighted by Crippen LogP contribution is 2.23. The average Bonchev–Trinajstić information content (AvgIpc) is 3.04. The molecule has 0 aliphatic heterocycles. The van der Waals surface area contributed by atoms with E-state index in [0.29, 0.717) is 6.54 Å². The summed E-state index contributed by atoms with van der Waals surface area (Å²) in [6.07, 6.45) is 5.47. The molecule has 1 atom stereocenters. The van der Waals surface area contributed by atoms with Crippen molar-refractivity contribution in [3.63, 3.8) is 0 Å². The highest BCUT2D eigenvalue weighted by Gasteiger charge is 2.15. The fourth-order valence-electron chi connectivity index (χ4n) is 2.35. The van der Waals surface area contributed by atoms with Crippen molar-refractivity contribution >= 4 is 0 Å². The van der Waals surface area contributed by atoms with Crippen LogP contribution >= 0.6 is 0 Å². The lowest BCUT2D eigenvalue weighted by atomic mass is 10.1. The molecular weight excluding hydrogens is 274 g/mol. The molecule has 0 N–H and O–H groups in total. The van der Waals surface area contributed by atoms with Crippen molar-refractivity contribution in [2.45, 2.75) is 19.5 Å². The molecule has 1 unspecified atom stereocenters. The van der Waals surface area contributed by atoms with Crippen molar-refractivity contribution in [1.29, 1.82) is 0 Å².